The number of esters is 1. The van der Waals surface area contributed by atoms with Gasteiger partial charge in [0, 0.05) is 44.5 Å². The zero-order valence-electron chi connectivity index (χ0n) is 22.7. The van der Waals surface area contributed by atoms with Gasteiger partial charge < -0.3 is 35.8 Å². The standard InChI is InChI=1S/C24H37N7O6.2ClH/c1-5-16-36-20(32)10-12-26-23(34)27-19-11-13-31(22(19)33)18-8-6-17(7-9-18)21(25)28-37-24(35)30(4)15-14-29(2)3;;/h6-9,19H,5,10-16H2,1-4H3,(H2,25,28)(H2,26,27,34);2*1H/t19-;;/m0../s1. The summed E-state index contributed by atoms with van der Waals surface area (Å²) in [5, 5.41) is 8.90. The summed E-state index contributed by atoms with van der Waals surface area (Å²) in [4.78, 5) is 58.2. The lowest BCUT2D eigenvalue weighted by Gasteiger charge is -2.18. The van der Waals surface area contributed by atoms with Crippen molar-refractivity contribution in [2.45, 2.75) is 32.2 Å². The Morgan fingerprint density at radius 3 is 2.41 bits per heavy atom. The Kier molecular flexibility index (Phi) is 16.6. The van der Waals surface area contributed by atoms with Gasteiger partial charge in [0.05, 0.1) is 13.0 Å². The summed E-state index contributed by atoms with van der Waals surface area (Å²) in [5.41, 5.74) is 7.09. The molecule has 0 aliphatic carbocycles. The van der Waals surface area contributed by atoms with E-state index in [1.54, 1.807) is 36.2 Å². The number of rotatable bonds is 12. The molecule has 1 atom stereocenters. The summed E-state index contributed by atoms with van der Waals surface area (Å²) in [6.07, 6.45) is 0.605. The Balaban J connectivity index is 0.00000722. The van der Waals surface area contributed by atoms with Gasteiger partial charge in [-0.3, -0.25) is 14.4 Å². The molecule has 0 saturated carbocycles. The molecular weight excluding hydrogens is 553 g/mol. The first-order valence-corrected chi connectivity index (χ1v) is 12.1. The number of amidine groups is 1. The number of nitrogens with zero attached hydrogens (tertiary/aromatic N) is 4. The van der Waals surface area contributed by atoms with Crippen LogP contribution in [-0.2, 0) is 19.2 Å². The van der Waals surface area contributed by atoms with Gasteiger partial charge in [-0.05, 0) is 51.2 Å². The fourth-order valence-corrected chi connectivity index (χ4v) is 3.31. The summed E-state index contributed by atoms with van der Waals surface area (Å²) in [7, 11) is 5.41. The molecule has 0 aromatic heterocycles. The summed E-state index contributed by atoms with van der Waals surface area (Å²) < 4.78 is 4.95. The van der Waals surface area contributed by atoms with E-state index in [0.717, 1.165) is 6.42 Å². The van der Waals surface area contributed by atoms with Crippen molar-refractivity contribution in [2.24, 2.45) is 10.9 Å². The van der Waals surface area contributed by atoms with Crippen LogP contribution < -0.4 is 21.3 Å². The van der Waals surface area contributed by atoms with Crippen LogP contribution in [0, 0.1) is 0 Å². The van der Waals surface area contributed by atoms with E-state index < -0.39 is 18.2 Å². The third-order valence-electron chi connectivity index (χ3n) is 5.48. The van der Waals surface area contributed by atoms with Crippen molar-refractivity contribution in [3.63, 3.8) is 0 Å². The van der Waals surface area contributed by atoms with Crippen LogP contribution in [0.5, 0.6) is 0 Å². The first-order valence-electron chi connectivity index (χ1n) is 12.1. The summed E-state index contributed by atoms with van der Waals surface area (Å²) >= 11 is 0. The maximum atomic E-state index is 12.8. The number of hydrogen-bond acceptors (Lipinski definition) is 8. The fraction of sp³-hybridized carbons (Fsp3) is 0.542. The smallest absolute Gasteiger partial charge is 0.435 e. The lowest BCUT2D eigenvalue weighted by atomic mass is 10.2. The average Bonchev–Trinajstić information content (AvgIpc) is 3.23. The topological polar surface area (TPSA) is 159 Å². The summed E-state index contributed by atoms with van der Waals surface area (Å²) in [6, 6.07) is 5.52. The minimum Gasteiger partial charge on any atom is -0.466 e. The van der Waals surface area contributed by atoms with Crippen molar-refractivity contribution in [3.05, 3.63) is 29.8 Å². The van der Waals surface area contributed by atoms with Gasteiger partial charge in [-0.25, -0.2) is 9.59 Å². The zero-order valence-corrected chi connectivity index (χ0v) is 24.3. The van der Waals surface area contributed by atoms with Crippen LogP contribution in [0.15, 0.2) is 29.4 Å². The van der Waals surface area contributed by atoms with Crippen molar-refractivity contribution in [1.82, 2.24) is 20.4 Å². The molecule has 4 amide bonds. The SMILES string of the molecule is CCCOC(=O)CCNC(=O)N[C@H]1CCN(c2ccc(/C(N)=N/OC(=O)N(C)CCN(C)C)cc2)C1=O.Cl.Cl. The van der Waals surface area contributed by atoms with Crippen molar-refractivity contribution < 1.29 is 28.8 Å². The highest BCUT2D eigenvalue weighted by Crippen LogP contribution is 2.22. The van der Waals surface area contributed by atoms with E-state index in [4.69, 9.17) is 15.3 Å². The number of nitrogens with two attached hydrogens (primary N) is 1. The van der Waals surface area contributed by atoms with Crippen molar-refractivity contribution in [1.29, 1.82) is 0 Å². The maximum absolute atomic E-state index is 12.8. The number of anilines is 1. The number of urea groups is 1. The number of ether oxygens (including phenoxy) is 1. The summed E-state index contributed by atoms with van der Waals surface area (Å²) in [5.74, 6) is -0.616. The van der Waals surface area contributed by atoms with Crippen molar-refractivity contribution in [2.75, 3.05) is 58.8 Å². The third kappa shape index (κ3) is 12.0. The van der Waals surface area contributed by atoms with Crippen LogP contribution in [0.3, 0.4) is 0 Å². The molecule has 0 unspecified atom stereocenters. The molecular formula is C24H39Cl2N7O6. The first-order chi connectivity index (χ1) is 17.6. The molecule has 0 bridgehead atoms. The Bertz CT molecular complexity index is 978. The maximum Gasteiger partial charge on any atom is 0.435 e. The molecule has 1 aliphatic heterocycles. The van der Waals surface area contributed by atoms with Crippen LogP contribution >= 0.6 is 24.8 Å². The molecule has 1 aromatic rings. The van der Waals surface area contributed by atoms with Crippen LogP contribution in [0.25, 0.3) is 0 Å². The predicted octanol–water partition coefficient (Wildman–Crippen LogP) is 1.53. The number of carbonyl (C=O) groups is 4. The lowest BCUT2D eigenvalue weighted by Crippen LogP contribution is -2.46. The van der Waals surface area contributed by atoms with Crippen LogP contribution in [-0.4, -0.2) is 99.6 Å². The van der Waals surface area contributed by atoms with Gasteiger partial charge in [-0.15, -0.1) is 24.8 Å². The monoisotopic (exact) mass is 591 g/mol. The second-order valence-electron chi connectivity index (χ2n) is 8.81. The lowest BCUT2D eigenvalue weighted by molar-refractivity contribution is -0.143. The predicted molar refractivity (Wildman–Crippen MR) is 152 cm³/mol. The van der Waals surface area contributed by atoms with E-state index in [2.05, 4.69) is 15.8 Å². The summed E-state index contributed by atoms with van der Waals surface area (Å²) in [6.45, 7) is 3.94. The Morgan fingerprint density at radius 2 is 1.79 bits per heavy atom. The number of hydrogen-bond donors (Lipinski definition) is 3. The largest absolute Gasteiger partial charge is 0.466 e. The third-order valence-corrected chi connectivity index (χ3v) is 5.48. The van der Waals surface area contributed by atoms with Crippen molar-refractivity contribution in [3.8, 4) is 0 Å². The number of halogens is 2. The second kappa shape index (κ2) is 18.1. The molecule has 1 aliphatic rings. The van der Waals surface area contributed by atoms with E-state index in [0.29, 0.717) is 43.9 Å². The van der Waals surface area contributed by atoms with Crippen LogP contribution in [0.1, 0.15) is 31.7 Å². The molecule has 220 valence electrons. The quantitative estimate of drug-likeness (QED) is 0.108. The molecule has 1 saturated heterocycles. The molecule has 1 aromatic carbocycles. The molecule has 0 radical (unpaired) electrons. The van der Waals surface area contributed by atoms with Gasteiger partial charge in [-0.1, -0.05) is 12.1 Å². The number of likely N-dealkylation sites (N-methyl/N-ethyl adjacent to an activating group) is 2. The highest BCUT2D eigenvalue weighted by Gasteiger charge is 2.33. The zero-order chi connectivity index (χ0) is 27.4. The highest BCUT2D eigenvalue weighted by molar-refractivity contribution is 6.02. The van der Waals surface area contributed by atoms with Crippen molar-refractivity contribution >= 4 is 60.3 Å². The van der Waals surface area contributed by atoms with E-state index in [1.807, 2.05) is 25.9 Å². The minimum atomic E-state index is -0.678. The van der Waals surface area contributed by atoms with E-state index in [-0.39, 0.29) is 55.5 Å². The molecule has 1 fully saturated rings. The fourth-order valence-electron chi connectivity index (χ4n) is 3.31. The van der Waals surface area contributed by atoms with Gasteiger partial charge in [0.2, 0.25) is 5.91 Å². The number of carbonyl (C=O) groups excluding carboxylic acids is 4. The average molecular weight is 593 g/mol. The Hall–Kier alpha value is -3.29. The highest BCUT2D eigenvalue weighted by atomic mass is 35.5. The van der Waals surface area contributed by atoms with Crippen LogP contribution in [0.4, 0.5) is 15.3 Å². The molecule has 1 heterocycles. The van der Waals surface area contributed by atoms with E-state index >= 15 is 0 Å². The van der Waals surface area contributed by atoms with Gasteiger partial charge in [-0.2, -0.15) is 0 Å². The molecule has 13 nitrogen and oxygen atoms in total. The van der Waals surface area contributed by atoms with Gasteiger partial charge in [0.1, 0.15) is 6.04 Å². The molecule has 39 heavy (non-hydrogen) atoms. The molecule has 2 rings (SSSR count). The molecule has 4 N–H and O–H groups in total. The molecule has 15 heteroatoms. The minimum absolute atomic E-state index is 0. The van der Waals surface area contributed by atoms with Gasteiger partial charge >= 0.3 is 18.1 Å². The number of benzene rings is 1. The van der Waals surface area contributed by atoms with E-state index in [1.165, 1.54) is 4.90 Å². The molecule has 0 spiro atoms. The Labute approximate surface area is 241 Å². The van der Waals surface area contributed by atoms with Gasteiger partial charge in [0.25, 0.3) is 0 Å². The van der Waals surface area contributed by atoms with Gasteiger partial charge in [0.15, 0.2) is 5.84 Å². The normalized spacial score (nSPS) is 14.7. The Morgan fingerprint density at radius 1 is 1.13 bits per heavy atom. The first kappa shape index (κ1) is 35.7. The second-order valence-corrected chi connectivity index (χ2v) is 8.81. The number of amides is 4. The number of oxime groups is 1. The van der Waals surface area contributed by atoms with E-state index in [9.17, 15) is 19.2 Å². The van der Waals surface area contributed by atoms with Crippen LogP contribution in [0.2, 0.25) is 0 Å². The number of nitrogens with one attached hydrogen (secondary N) is 2.